The summed E-state index contributed by atoms with van der Waals surface area (Å²) >= 11 is 1.47. The van der Waals surface area contributed by atoms with Crippen molar-refractivity contribution in [2.45, 2.75) is 26.0 Å². The quantitative estimate of drug-likeness (QED) is 0.379. The number of anilines is 1. The molecule has 0 aliphatic carbocycles. The van der Waals surface area contributed by atoms with Crippen LogP contribution in [0, 0.1) is 13.8 Å². The molecule has 2 aromatic carbocycles. The van der Waals surface area contributed by atoms with Crippen LogP contribution < -0.4 is 5.32 Å². The van der Waals surface area contributed by atoms with E-state index in [4.69, 9.17) is 4.98 Å². The Hall–Kier alpha value is -3.32. The summed E-state index contributed by atoms with van der Waals surface area (Å²) in [5.74, 6) is 1.54. The number of rotatable bonds is 7. The summed E-state index contributed by atoms with van der Waals surface area (Å²) in [4.78, 5) is 25.2. The van der Waals surface area contributed by atoms with Crippen molar-refractivity contribution < 1.29 is 4.79 Å². The van der Waals surface area contributed by atoms with Gasteiger partial charge in [-0.2, -0.15) is 0 Å². The van der Waals surface area contributed by atoms with E-state index in [-0.39, 0.29) is 6.03 Å². The van der Waals surface area contributed by atoms with Gasteiger partial charge < -0.3 is 10.3 Å². The zero-order valence-electron chi connectivity index (χ0n) is 17.6. The van der Waals surface area contributed by atoms with Gasteiger partial charge in [-0.3, -0.25) is 9.29 Å². The number of pyridine rings is 1. The first-order valence-electron chi connectivity index (χ1n) is 10.2. The number of amides is 2. The number of nitrogens with zero attached hydrogens (tertiary/aromatic N) is 3. The molecule has 0 spiro atoms. The second-order valence-corrected chi connectivity index (χ2v) is 8.41. The zero-order chi connectivity index (χ0) is 21.6. The summed E-state index contributed by atoms with van der Waals surface area (Å²) in [5, 5.41) is 2.98. The molecule has 0 unspecified atom stereocenters. The lowest BCUT2D eigenvalue weighted by Crippen LogP contribution is -2.31. The van der Waals surface area contributed by atoms with E-state index in [0.29, 0.717) is 18.7 Å². The van der Waals surface area contributed by atoms with E-state index in [2.05, 4.69) is 41.3 Å². The summed E-state index contributed by atoms with van der Waals surface area (Å²) in [7, 11) is 0. The van der Waals surface area contributed by atoms with Crippen LogP contribution in [0.25, 0.3) is 11.0 Å². The minimum atomic E-state index is -0.150. The minimum Gasteiger partial charge on any atom is -0.342 e. The fourth-order valence-corrected chi connectivity index (χ4v) is 4.08. The normalized spacial score (nSPS) is 10.9. The van der Waals surface area contributed by atoms with E-state index < -0.39 is 0 Å². The van der Waals surface area contributed by atoms with Gasteiger partial charge in [-0.05, 0) is 72.8 Å². The number of hydrogen-bond donors (Lipinski definition) is 2. The molecule has 4 aromatic rings. The molecule has 0 bridgehead atoms. The van der Waals surface area contributed by atoms with Gasteiger partial charge in [-0.15, -0.1) is 0 Å². The van der Waals surface area contributed by atoms with Crippen LogP contribution in [-0.2, 0) is 12.2 Å². The lowest BCUT2D eigenvalue weighted by atomic mass is 10.1. The predicted molar refractivity (Wildman–Crippen MR) is 127 cm³/mol. The third-order valence-electron chi connectivity index (χ3n) is 5.06. The van der Waals surface area contributed by atoms with Gasteiger partial charge in [0.25, 0.3) is 0 Å². The highest BCUT2D eigenvalue weighted by atomic mass is 32.2. The van der Waals surface area contributed by atoms with Gasteiger partial charge in [-0.1, -0.05) is 24.3 Å². The van der Waals surface area contributed by atoms with Crippen molar-refractivity contribution in [1.82, 2.24) is 19.3 Å². The Balaban J connectivity index is 1.47. The van der Waals surface area contributed by atoms with Crippen molar-refractivity contribution in [3.63, 3.8) is 0 Å². The molecule has 2 aromatic heterocycles. The molecule has 0 aliphatic rings. The number of para-hydroxylation sites is 1. The monoisotopic (exact) mass is 431 g/mol. The van der Waals surface area contributed by atoms with Crippen LogP contribution >= 0.6 is 11.9 Å². The third-order valence-corrected chi connectivity index (χ3v) is 6.18. The molecule has 0 saturated carbocycles. The van der Waals surface area contributed by atoms with E-state index in [1.165, 1.54) is 23.1 Å². The smallest absolute Gasteiger partial charge is 0.331 e. The molecule has 0 atom stereocenters. The van der Waals surface area contributed by atoms with Crippen molar-refractivity contribution in [1.29, 1.82) is 0 Å². The molecule has 158 valence electrons. The molecule has 31 heavy (non-hydrogen) atoms. The number of urea groups is 1. The summed E-state index contributed by atoms with van der Waals surface area (Å²) in [6, 6.07) is 17.5. The van der Waals surface area contributed by atoms with Crippen LogP contribution in [0.4, 0.5) is 10.5 Å². The molecule has 0 aliphatic heterocycles. The van der Waals surface area contributed by atoms with Crippen LogP contribution in [0.5, 0.6) is 0 Å². The first-order chi connectivity index (χ1) is 15.1. The predicted octanol–water partition coefficient (Wildman–Crippen LogP) is 5.50. The Morgan fingerprint density at radius 2 is 1.90 bits per heavy atom. The molecule has 6 nitrogen and oxygen atoms in total. The second kappa shape index (κ2) is 9.66. The average molecular weight is 432 g/mol. The number of aryl methyl sites for hydroxylation is 2. The lowest BCUT2D eigenvalue weighted by Gasteiger charge is -2.21. The van der Waals surface area contributed by atoms with Gasteiger partial charge in [-0.25, -0.2) is 9.78 Å². The molecule has 4 rings (SSSR count). The van der Waals surface area contributed by atoms with Crippen LogP contribution in [0.2, 0.25) is 0 Å². The second-order valence-electron chi connectivity index (χ2n) is 7.42. The molecule has 0 fully saturated rings. The Kier molecular flexibility index (Phi) is 6.52. The molecule has 0 radical (unpaired) electrons. The highest BCUT2D eigenvalue weighted by molar-refractivity contribution is 7.96. The van der Waals surface area contributed by atoms with Crippen molar-refractivity contribution in [3.05, 3.63) is 89.5 Å². The van der Waals surface area contributed by atoms with Crippen molar-refractivity contribution in [2.24, 2.45) is 0 Å². The fraction of sp³-hybridized carbons (Fsp3) is 0.208. The number of fused-ring (bicyclic) bond motifs is 1. The molecule has 2 N–H and O–H groups in total. The van der Waals surface area contributed by atoms with E-state index in [9.17, 15) is 4.79 Å². The number of imidazole rings is 1. The minimum absolute atomic E-state index is 0.150. The molecular weight excluding hydrogens is 406 g/mol. The van der Waals surface area contributed by atoms with Gasteiger partial charge in [0.1, 0.15) is 5.82 Å². The Labute approximate surface area is 186 Å². The summed E-state index contributed by atoms with van der Waals surface area (Å²) in [6.07, 6.45) is 4.21. The largest absolute Gasteiger partial charge is 0.342 e. The zero-order valence-corrected chi connectivity index (χ0v) is 18.4. The van der Waals surface area contributed by atoms with Crippen LogP contribution in [0.1, 0.15) is 22.5 Å². The molecule has 2 amide bonds. The Morgan fingerprint density at radius 1 is 1.10 bits per heavy atom. The highest BCUT2D eigenvalue weighted by Crippen LogP contribution is 2.21. The van der Waals surface area contributed by atoms with Gasteiger partial charge in [0, 0.05) is 36.8 Å². The maximum Gasteiger partial charge on any atom is 0.331 e. The third kappa shape index (κ3) is 5.44. The average Bonchev–Trinajstić information content (AvgIpc) is 3.16. The standard InChI is InChI=1S/C24H25N5OS/c1-17-13-21-22(14-18(17)2)28-23(27-21)10-12-29(31-16-19-7-6-11-25-15-19)24(30)26-20-8-4-3-5-9-20/h3-9,11,13-15H,10,12,16H2,1-2H3,(H,26,30)(H,27,28). The summed E-state index contributed by atoms with van der Waals surface area (Å²) in [6.45, 7) is 4.72. The molecule has 7 heteroatoms. The number of aromatic amines is 1. The van der Waals surface area contributed by atoms with Gasteiger partial charge >= 0.3 is 6.03 Å². The van der Waals surface area contributed by atoms with Gasteiger partial charge in [0.15, 0.2) is 0 Å². The number of hydrogen-bond acceptors (Lipinski definition) is 4. The number of carbonyl (C=O) groups excluding carboxylic acids is 1. The van der Waals surface area contributed by atoms with Crippen molar-refractivity contribution in [3.8, 4) is 0 Å². The van der Waals surface area contributed by atoms with Crippen LogP contribution in [-0.4, -0.2) is 31.8 Å². The maximum atomic E-state index is 13.0. The van der Waals surface area contributed by atoms with Gasteiger partial charge in [0.05, 0.1) is 11.0 Å². The Morgan fingerprint density at radius 3 is 2.68 bits per heavy atom. The summed E-state index contributed by atoms with van der Waals surface area (Å²) < 4.78 is 1.75. The van der Waals surface area contributed by atoms with Crippen LogP contribution in [0.3, 0.4) is 0 Å². The number of nitrogens with one attached hydrogen (secondary N) is 2. The lowest BCUT2D eigenvalue weighted by molar-refractivity contribution is 0.238. The number of carbonyl (C=O) groups is 1. The van der Waals surface area contributed by atoms with Crippen molar-refractivity contribution >= 4 is 34.7 Å². The Bertz CT molecular complexity index is 1120. The first kappa shape index (κ1) is 20.9. The first-order valence-corrected chi connectivity index (χ1v) is 11.1. The topological polar surface area (TPSA) is 73.9 Å². The maximum absolute atomic E-state index is 13.0. The van der Waals surface area contributed by atoms with E-state index in [0.717, 1.165) is 28.1 Å². The highest BCUT2D eigenvalue weighted by Gasteiger charge is 2.16. The fourth-order valence-electron chi connectivity index (χ4n) is 3.22. The van der Waals surface area contributed by atoms with E-state index in [1.54, 1.807) is 10.5 Å². The molecule has 0 saturated heterocycles. The number of H-pyrrole nitrogens is 1. The van der Waals surface area contributed by atoms with E-state index >= 15 is 0 Å². The van der Waals surface area contributed by atoms with E-state index in [1.807, 2.05) is 48.7 Å². The number of aromatic nitrogens is 3. The summed E-state index contributed by atoms with van der Waals surface area (Å²) in [5.41, 5.74) is 6.29. The van der Waals surface area contributed by atoms with Crippen molar-refractivity contribution in [2.75, 3.05) is 11.9 Å². The van der Waals surface area contributed by atoms with Gasteiger partial charge in [0.2, 0.25) is 0 Å². The SMILES string of the molecule is Cc1cc2nc(CCN(SCc3cccnc3)C(=O)Nc3ccccc3)[nH]c2cc1C. The molecular formula is C24H25N5OS. The molecule has 2 heterocycles. The van der Waals surface area contributed by atoms with Crippen LogP contribution in [0.15, 0.2) is 67.0 Å². The number of benzene rings is 2.